The van der Waals surface area contributed by atoms with Crippen molar-refractivity contribution in [2.24, 2.45) is 11.8 Å². The van der Waals surface area contributed by atoms with Crippen LogP contribution in [0.3, 0.4) is 0 Å². The molecule has 1 saturated carbocycles. The molecule has 4 atom stereocenters. The van der Waals surface area contributed by atoms with Crippen molar-refractivity contribution in [2.45, 2.75) is 50.1 Å². The van der Waals surface area contributed by atoms with Crippen molar-refractivity contribution in [1.29, 1.82) is 0 Å². The van der Waals surface area contributed by atoms with Crippen molar-refractivity contribution >= 4 is 23.6 Å². The van der Waals surface area contributed by atoms with Crippen molar-refractivity contribution < 1.29 is 14.7 Å². The van der Waals surface area contributed by atoms with E-state index in [-0.39, 0.29) is 17.2 Å². The molecule has 0 aromatic rings. The number of rotatable bonds is 3. The van der Waals surface area contributed by atoms with E-state index < -0.39 is 12.0 Å². The van der Waals surface area contributed by atoms with Crippen LogP contribution in [-0.2, 0) is 9.59 Å². The number of carbonyl (C=O) groups excluding carboxylic acids is 1. The number of carbonyl (C=O) groups is 2. The monoisotopic (exact) mass is 298 g/mol. The smallest absolute Gasteiger partial charge is 0.327 e. The highest BCUT2D eigenvalue weighted by atomic mass is 32.2. The molecule has 4 unspecified atom stereocenters. The number of amides is 1. The Balaban J connectivity index is 1.76. The van der Waals surface area contributed by atoms with Crippen LogP contribution in [0.1, 0.15) is 32.6 Å². The van der Waals surface area contributed by atoms with Gasteiger partial charge in [0.25, 0.3) is 0 Å². The lowest BCUT2D eigenvalue weighted by Crippen LogP contribution is -2.51. The zero-order valence-electron chi connectivity index (χ0n) is 11.7. The highest BCUT2D eigenvalue weighted by molar-refractivity contribution is 8.00. The van der Waals surface area contributed by atoms with E-state index in [2.05, 4.69) is 12.2 Å². The molecule has 3 aliphatic rings. The first kappa shape index (κ1) is 14.2. The van der Waals surface area contributed by atoms with Gasteiger partial charge in [-0.3, -0.25) is 4.79 Å². The lowest BCUT2D eigenvalue weighted by molar-refractivity contribution is -0.151. The second-order valence-corrected chi connectivity index (χ2v) is 7.39. The van der Waals surface area contributed by atoms with Crippen LogP contribution in [0.15, 0.2) is 0 Å². The minimum atomic E-state index is -0.851. The molecule has 3 fully saturated rings. The predicted octanol–water partition coefficient (Wildman–Crippen LogP) is 1.14. The molecule has 1 aliphatic carbocycles. The Morgan fingerprint density at radius 3 is 2.65 bits per heavy atom. The fourth-order valence-electron chi connectivity index (χ4n) is 3.31. The highest BCUT2D eigenvalue weighted by Crippen LogP contribution is 2.46. The molecule has 5 nitrogen and oxygen atoms in total. The molecular weight excluding hydrogens is 276 g/mol. The van der Waals surface area contributed by atoms with Gasteiger partial charge < -0.3 is 15.3 Å². The van der Waals surface area contributed by atoms with E-state index in [0.29, 0.717) is 17.7 Å². The normalized spacial score (nSPS) is 38.0. The van der Waals surface area contributed by atoms with Crippen molar-refractivity contribution in [1.82, 2.24) is 10.2 Å². The van der Waals surface area contributed by atoms with E-state index in [4.69, 9.17) is 0 Å². The third kappa shape index (κ3) is 2.68. The number of thioether (sulfide) groups is 1. The Morgan fingerprint density at radius 2 is 2.05 bits per heavy atom. The van der Waals surface area contributed by atoms with Crippen LogP contribution in [0.2, 0.25) is 0 Å². The van der Waals surface area contributed by atoms with Gasteiger partial charge >= 0.3 is 5.97 Å². The summed E-state index contributed by atoms with van der Waals surface area (Å²) in [4.78, 5) is 26.0. The van der Waals surface area contributed by atoms with Crippen LogP contribution in [0.25, 0.3) is 0 Å². The fraction of sp³-hybridized carbons (Fsp3) is 0.857. The number of carboxylic acid groups (broad SMARTS) is 1. The average Bonchev–Trinajstić information content (AvgIpc) is 3.16. The standard InChI is InChI=1S/C14H22N2O3S/c1-8-6-10(4-5-15-8)12(17)16-11(14(18)19)7-20-13(16)9-2-3-9/h8-11,13,15H,2-7H2,1H3,(H,18,19). The number of aliphatic carboxylic acids is 1. The number of piperidine rings is 1. The third-order valence-corrected chi connectivity index (χ3v) is 6.03. The van der Waals surface area contributed by atoms with E-state index in [1.54, 1.807) is 16.7 Å². The summed E-state index contributed by atoms with van der Waals surface area (Å²) in [6.07, 6.45) is 3.92. The molecule has 2 N–H and O–H groups in total. The van der Waals surface area contributed by atoms with Crippen LogP contribution in [-0.4, -0.2) is 51.6 Å². The minimum absolute atomic E-state index is 0.00644. The Labute approximate surface area is 123 Å². The number of carboxylic acids is 1. The van der Waals surface area contributed by atoms with Gasteiger partial charge in [0.2, 0.25) is 5.91 Å². The molecule has 3 rings (SSSR count). The molecule has 2 saturated heterocycles. The highest BCUT2D eigenvalue weighted by Gasteiger charge is 2.49. The summed E-state index contributed by atoms with van der Waals surface area (Å²) >= 11 is 1.66. The Bertz CT molecular complexity index is 413. The van der Waals surface area contributed by atoms with Gasteiger partial charge in [-0.15, -0.1) is 11.8 Å². The van der Waals surface area contributed by atoms with Crippen LogP contribution in [0.4, 0.5) is 0 Å². The second-order valence-electron chi connectivity index (χ2n) is 6.24. The molecule has 2 aliphatic heterocycles. The maximum atomic E-state index is 12.8. The number of nitrogens with zero attached hydrogens (tertiary/aromatic N) is 1. The first-order chi connectivity index (χ1) is 9.58. The molecule has 2 heterocycles. The molecule has 112 valence electrons. The van der Waals surface area contributed by atoms with Gasteiger partial charge in [0, 0.05) is 17.7 Å². The van der Waals surface area contributed by atoms with Crippen molar-refractivity contribution in [2.75, 3.05) is 12.3 Å². The third-order valence-electron chi connectivity index (χ3n) is 4.57. The molecule has 0 spiro atoms. The number of hydrogen-bond donors (Lipinski definition) is 2. The maximum absolute atomic E-state index is 12.8. The maximum Gasteiger partial charge on any atom is 0.327 e. The van der Waals surface area contributed by atoms with Crippen LogP contribution in [0.5, 0.6) is 0 Å². The zero-order valence-corrected chi connectivity index (χ0v) is 12.6. The van der Waals surface area contributed by atoms with Crippen molar-refractivity contribution in [3.8, 4) is 0 Å². The lowest BCUT2D eigenvalue weighted by Gasteiger charge is -2.34. The number of nitrogens with one attached hydrogen (secondary N) is 1. The molecule has 0 bridgehead atoms. The lowest BCUT2D eigenvalue weighted by atomic mass is 9.91. The van der Waals surface area contributed by atoms with Crippen LogP contribution in [0, 0.1) is 11.8 Å². The van der Waals surface area contributed by atoms with E-state index in [0.717, 1.165) is 32.2 Å². The van der Waals surface area contributed by atoms with E-state index in [1.807, 2.05) is 0 Å². The topological polar surface area (TPSA) is 69.6 Å². The second kappa shape index (κ2) is 5.56. The molecule has 0 aromatic carbocycles. The van der Waals surface area contributed by atoms with Gasteiger partial charge in [-0.2, -0.15) is 0 Å². The molecule has 1 amide bonds. The Morgan fingerprint density at radius 1 is 1.30 bits per heavy atom. The molecule has 20 heavy (non-hydrogen) atoms. The van der Waals surface area contributed by atoms with Gasteiger partial charge in [0.05, 0.1) is 5.37 Å². The molecular formula is C14H22N2O3S. The summed E-state index contributed by atoms with van der Waals surface area (Å²) in [7, 11) is 0. The van der Waals surface area contributed by atoms with Gasteiger partial charge in [-0.05, 0) is 45.1 Å². The zero-order chi connectivity index (χ0) is 14.3. The first-order valence-electron chi connectivity index (χ1n) is 7.48. The van der Waals surface area contributed by atoms with Gasteiger partial charge in [-0.25, -0.2) is 4.79 Å². The summed E-state index contributed by atoms with van der Waals surface area (Å²) in [5.41, 5.74) is 0. The first-order valence-corrected chi connectivity index (χ1v) is 8.52. The average molecular weight is 298 g/mol. The van der Waals surface area contributed by atoms with E-state index in [1.165, 1.54) is 0 Å². The minimum Gasteiger partial charge on any atom is -0.480 e. The fourth-order valence-corrected chi connectivity index (χ4v) is 4.95. The largest absolute Gasteiger partial charge is 0.480 e. The Kier molecular flexibility index (Phi) is 3.95. The van der Waals surface area contributed by atoms with Crippen LogP contribution >= 0.6 is 11.8 Å². The Hall–Kier alpha value is -0.750. The quantitative estimate of drug-likeness (QED) is 0.817. The molecule has 0 aromatic heterocycles. The summed E-state index contributed by atoms with van der Waals surface area (Å²) in [6, 6.07) is -0.279. The van der Waals surface area contributed by atoms with Gasteiger partial charge in [0.15, 0.2) is 0 Å². The summed E-state index contributed by atoms with van der Waals surface area (Å²) < 4.78 is 0. The SMILES string of the molecule is CC1CC(C(=O)N2C(C(=O)O)CSC2C2CC2)CCN1. The predicted molar refractivity (Wildman–Crippen MR) is 77.4 cm³/mol. The van der Waals surface area contributed by atoms with Crippen molar-refractivity contribution in [3.05, 3.63) is 0 Å². The molecule has 6 heteroatoms. The van der Waals surface area contributed by atoms with E-state index in [9.17, 15) is 14.7 Å². The summed E-state index contributed by atoms with van der Waals surface area (Å²) in [5, 5.41) is 12.8. The summed E-state index contributed by atoms with van der Waals surface area (Å²) in [5.74, 6) is 0.284. The van der Waals surface area contributed by atoms with Crippen molar-refractivity contribution in [3.63, 3.8) is 0 Å². The summed E-state index contributed by atoms with van der Waals surface area (Å²) in [6.45, 7) is 2.94. The van der Waals surface area contributed by atoms with E-state index >= 15 is 0 Å². The van der Waals surface area contributed by atoms with Gasteiger partial charge in [-0.1, -0.05) is 0 Å². The molecule has 0 radical (unpaired) electrons. The van der Waals surface area contributed by atoms with Crippen LogP contribution < -0.4 is 5.32 Å². The number of hydrogen-bond acceptors (Lipinski definition) is 4. The van der Waals surface area contributed by atoms with Gasteiger partial charge in [0.1, 0.15) is 6.04 Å².